The van der Waals surface area contributed by atoms with E-state index in [1.807, 2.05) is 34.3 Å². The van der Waals surface area contributed by atoms with E-state index < -0.39 is 0 Å². The molecule has 120 valence electrons. The molecular weight excluding hydrogens is 330 g/mol. The zero-order valence-corrected chi connectivity index (χ0v) is 14.2. The zero-order valence-electron chi connectivity index (χ0n) is 12.5. The Kier molecular flexibility index (Phi) is 4.15. The van der Waals surface area contributed by atoms with E-state index in [-0.39, 0.29) is 12.0 Å². The molecule has 1 amide bonds. The van der Waals surface area contributed by atoms with E-state index in [9.17, 15) is 4.79 Å². The topological polar surface area (TPSA) is 55.6 Å². The van der Waals surface area contributed by atoms with Gasteiger partial charge in [-0.05, 0) is 25.0 Å². The Balaban J connectivity index is 1.32. The van der Waals surface area contributed by atoms with E-state index >= 15 is 0 Å². The molecule has 0 unspecified atom stereocenters. The van der Waals surface area contributed by atoms with Crippen LogP contribution in [0.15, 0.2) is 29.9 Å². The van der Waals surface area contributed by atoms with Gasteiger partial charge in [-0.15, -0.1) is 22.7 Å². The van der Waals surface area contributed by atoms with Gasteiger partial charge in [-0.3, -0.25) is 9.20 Å². The summed E-state index contributed by atoms with van der Waals surface area (Å²) in [5, 5.41) is 4.98. The third-order valence-electron chi connectivity index (χ3n) is 3.91. The summed E-state index contributed by atoms with van der Waals surface area (Å²) in [6.07, 6.45) is 7.08. The Morgan fingerprint density at radius 3 is 3.26 bits per heavy atom. The van der Waals surface area contributed by atoms with E-state index in [1.54, 1.807) is 11.3 Å². The second kappa shape index (κ2) is 6.43. The van der Waals surface area contributed by atoms with E-state index in [0.717, 1.165) is 46.3 Å². The van der Waals surface area contributed by atoms with Gasteiger partial charge in [0.2, 0.25) is 0 Å². The summed E-state index contributed by atoms with van der Waals surface area (Å²) in [5.41, 5.74) is 1.00. The predicted octanol–water partition coefficient (Wildman–Crippen LogP) is 3.28. The number of aromatic nitrogens is 2. The number of amides is 1. The Morgan fingerprint density at radius 2 is 2.43 bits per heavy atom. The first kappa shape index (κ1) is 14.9. The van der Waals surface area contributed by atoms with E-state index in [2.05, 4.69) is 10.3 Å². The smallest absolute Gasteiger partial charge is 0.261 e. The maximum Gasteiger partial charge on any atom is 0.261 e. The molecule has 4 heterocycles. The van der Waals surface area contributed by atoms with Crippen LogP contribution in [-0.4, -0.2) is 28.4 Å². The van der Waals surface area contributed by atoms with Crippen molar-refractivity contribution in [3.63, 3.8) is 0 Å². The highest BCUT2D eigenvalue weighted by atomic mass is 32.1. The van der Waals surface area contributed by atoms with Crippen LogP contribution in [0.25, 0.3) is 4.96 Å². The molecule has 5 nitrogen and oxygen atoms in total. The Hall–Kier alpha value is -1.70. The summed E-state index contributed by atoms with van der Waals surface area (Å²) in [5.74, 6) is -0.0136. The summed E-state index contributed by atoms with van der Waals surface area (Å²) in [6, 6.07) is 3.91. The van der Waals surface area contributed by atoms with Crippen LogP contribution in [0, 0.1) is 0 Å². The molecule has 0 saturated carbocycles. The summed E-state index contributed by atoms with van der Waals surface area (Å²) in [4.78, 5) is 19.6. The summed E-state index contributed by atoms with van der Waals surface area (Å²) >= 11 is 3.15. The van der Waals surface area contributed by atoms with Crippen molar-refractivity contribution in [3.8, 4) is 0 Å². The van der Waals surface area contributed by atoms with Crippen LogP contribution in [-0.2, 0) is 11.2 Å². The van der Waals surface area contributed by atoms with Gasteiger partial charge in [0.25, 0.3) is 5.91 Å². The molecule has 7 heteroatoms. The molecule has 23 heavy (non-hydrogen) atoms. The number of imidazole rings is 1. The second-order valence-electron chi connectivity index (χ2n) is 5.53. The minimum atomic E-state index is -0.0136. The highest BCUT2D eigenvalue weighted by molar-refractivity contribution is 7.15. The van der Waals surface area contributed by atoms with Crippen molar-refractivity contribution in [1.29, 1.82) is 0 Å². The van der Waals surface area contributed by atoms with Gasteiger partial charge < -0.3 is 10.1 Å². The van der Waals surface area contributed by atoms with Crippen LogP contribution in [0.5, 0.6) is 0 Å². The van der Waals surface area contributed by atoms with E-state index in [0.29, 0.717) is 6.54 Å². The van der Waals surface area contributed by atoms with Crippen molar-refractivity contribution < 1.29 is 9.53 Å². The molecule has 1 saturated heterocycles. The minimum absolute atomic E-state index is 0.0136. The van der Waals surface area contributed by atoms with Crippen LogP contribution in [0.3, 0.4) is 0 Å². The lowest BCUT2D eigenvalue weighted by molar-refractivity contribution is 0.0958. The molecule has 0 spiro atoms. The number of thiophene rings is 1. The third-order valence-corrected chi connectivity index (χ3v) is 5.85. The number of nitrogens with one attached hydrogen (secondary N) is 1. The molecule has 1 atom stereocenters. The molecular formula is C16H17N3O2S2. The molecule has 3 aromatic rings. The monoisotopic (exact) mass is 347 g/mol. The van der Waals surface area contributed by atoms with Crippen LogP contribution < -0.4 is 5.32 Å². The number of carbonyl (C=O) groups is 1. The van der Waals surface area contributed by atoms with Gasteiger partial charge >= 0.3 is 0 Å². The van der Waals surface area contributed by atoms with Crippen LogP contribution in [0.4, 0.5) is 0 Å². The van der Waals surface area contributed by atoms with Gasteiger partial charge in [-0.25, -0.2) is 4.98 Å². The number of hydrogen-bond acceptors (Lipinski definition) is 5. The summed E-state index contributed by atoms with van der Waals surface area (Å²) in [7, 11) is 0. The average molecular weight is 347 g/mol. The number of hydrogen-bond donors (Lipinski definition) is 1. The van der Waals surface area contributed by atoms with Crippen LogP contribution >= 0.6 is 22.7 Å². The van der Waals surface area contributed by atoms with Crippen LogP contribution in [0.2, 0.25) is 0 Å². The summed E-state index contributed by atoms with van der Waals surface area (Å²) in [6.45, 7) is 1.42. The SMILES string of the molecule is O=C(NCCc1cn2ccsc2n1)c1ccc([C@H]2CCCO2)s1. The normalized spacial score (nSPS) is 17.8. The van der Waals surface area contributed by atoms with Crippen molar-refractivity contribution in [2.45, 2.75) is 25.4 Å². The highest BCUT2D eigenvalue weighted by Crippen LogP contribution is 2.33. The molecule has 0 radical (unpaired) electrons. The highest BCUT2D eigenvalue weighted by Gasteiger charge is 2.20. The van der Waals surface area contributed by atoms with Gasteiger partial charge in [0.1, 0.15) is 0 Å². The van der Waals surface area contributed by atoms with Gasteiger partial charge in [0, 0.05) is 42.2 Å². The fourth-order valence-electron chi connectivity index (χ4n) is 2.74. The largest absolute Gasteiger partial charge is 0.373 e. The molecule has 4 rings (SSSR count). The maximum atomic E-state index is 12.2. The van der Waals surface area contributed by atoms with E-state index in [1.165, 1.54) is 11.3 Å². The first-order valence-corrected chi connectivity index (χ1v) is 9.40. The Bertz CT molecular complexity index is 786. The molecule has 0 aliphatic carbocycles. The van der Waals surface area contributed by atoms with Crippen molar-refractivity contribution in [2.75, 3.05) is 13.2 Å². The van der Waals surface area contributed by atoms with Crippen molar-refractivity contribution in [1.82, 2.24) is 14.7 Å². The fourth-order valence-corrected chi connectivity index (χ4v) is 4.46. The Labute approximate surface area is 141 Å². The summed E-state index contributed by atoms with van der Waals surface area (Å²) < 4.78 is 7.67. The van der Waals surface area contributed by atoms with Gasteiger partial charge in [-0.1, -0.05) is 0 Å². The molecule has 1 aliphatic rings. The molecule has 1 aliphatic heterocycles. The second-order valence-corrected chi connectivity index (χ2v) is 7.52. The van der Waals surface area contributed by atoms with Crippen molar-refractivity contribution >= 4 is 33.5 Å². The molecule has 0 aromatic carbocycles. The number of thiazole rings is 1. The average Bonchev–Trinajstić information content (AvgIpc) is 3.29. The van der Waals surface area contributed by atoms with Gasteiger partial charge in [-0.2, -0.15) is 0 Å². The quantitative estimate of drug-likeness (QED) is 0.770. The lowest BCUT2D eigenvalue weighted by atomic mass is 10.2. The first-order valence-electron chi connectivity index (χ1n) is 7.70. The lowest BCUT2D eigenvalue weighted by Crippen LogP contribution is -2.24. The lowest BCUT2D eigenvalue weighted by Gasteiger charge is -2.05. The molecule has 0 bridgehead atoms. The molecule has 3 aromatic heterocycles. The van der Waals surface area contributed by atoms with Gasteiger partial charge in [0.05, 0.1) is 16.7 Å². The number of rotatable bonds is 5. The number of ether oxygens (including phenoxy) is 1. The third kappa shape index (κ3) is 3.17. The van der Waals surface area contributed by atoms with Crippen molar-refractivity contribution in [3.05, 3.63) is 45.4 Å². The standard InChI is InChI=1S/C16H17N3O2S2/c20-15(14-4-3-13(23-14)12-2-1-8-21-12)17-6-5-11-10-19-7-9-22-16(19)18-11/h3-4,7,9-10,12H,1-2,5-6,8H2,(H,17,20)/t12-/m1/s1. The zero-order chi connectivity index (χ0) is 15.6. The predicted molar refractivity (Wildman–Crippen MR) is 91.4 cm³/mol. The van der Waals surface area contributed by atoms with E-state index in [4.69, 9.17) is 4.74 Å². The van der Waals surface area contributed by atoms with Crippen LogP contribution in [0.1, 0.15) is 39.2 Å². The minimum Gasteiger partial charge on any atom is -0.373 e. The number of fused-ring (bicyclic) bond motifs is 1. The number of carbonyl (C=O) groups excluding carboxylic acids is 1. The first-order chi connectivity index (χ1) is 11.3. The van der Waals surface area contributed by atoms with Gasteiger partial charge in [0.15, 0.2) is 4.96 Å². The van der Waals surface area contributed by atoms with Crippen molar-refractivity contribution in [2.24, 2.45) is 0 Å². The molecule has 1 N–H and O–H groups in total. The molecule has 1 fully saturated rings. The number of nitrogens with zero attached hydrogens (tertiary/aromatic N) is 2. The Morgan fingerprint density at radius 1 is 1.48 bits per heavy atom. The fraction of sp³-hybridized carbons (Fsp3) is 0.375. The maximum absolute atomic E-state index is 12.2.